The summed E-state index contributed by atoms with van der Waals surface area (Å²) in [5.41, 5.74) is 3.19. The third-order valence-corrected chi connectivity index (χ3v) is 2.16. The highest BCUT2D eigenvalue weighted by Crippen LogP contribution is 2.11. The van der Waals surface area contributed by atoms with E-state index >= 15 is 0 Å². The molecule has 4 heteroatoms. The van der Waals surface area contributed by atoms with E-state index < -0.39 is 0 Å². The summed E-state index contributed by atoms with van der Waals surface area (Å²) in [6.45, 7) is 3.98. The average molecular weight is 186 g/mol. The molecule has 2 aromatic rings. The highest BCUT2D eigenvalue weighted by atomic mass is 15.3. The fourth-order valence-electron chi connectivity index (χ4n) is 1.49. The van der Waals surface area contributed by atoms with Crippen LogP contribution in [-0.2, 0) is 6.42 Å². The van der Waals surface area contributed by atoms with Crippen molar-refractivity contribution in [3.63, 3.8) is 0 Å². The summed E-state index contributed by atoms with van der Waals surface area (Å²) < 4.78 is 1.73. The molecule has 0 saturated heterocycles. The number of nitrogens with zero attached hydrogens (tertiary/aromatic N) is 4. The van der Waals surface area contributed by atoms with E-state index in [4.69, 9.17) is 5.26 Å². The minimum absolute atomic E-state index is 0.531. The van der Waals surface area contributed by atoms with E-state index in [-0.39, 0.29) is 0 Å². The monoisotopic (exact) mass is 186 g/mol. The van der Waals surface area contributed by atoms with Crippen molar-refractivity contribution in [2.75, 3.05) is 0 Å². The third-order valence-electron chi connectivity index (χ3n) is 2.16. The van der Waals surface area contributed by atoms with Crippen LogP contribution in [-0.4, -0.2) is 14.6 Å². The number of fused-ring (bicyclic) bond motifs is 1. The lowest BCUT2D eigenvalue weighted by Gasteiger charge is -2.02. The lowest BCUT2D eigenvalue weighted by molar-refractivity contribution is 0.842. The molecule has 0 spiro atoms. The molecular weight excluding hydrogens is 176 g/mol. The van der Waals surface area contributed by atoms with Gasteiger partial charge in [-0.3, -0.25) is 0 Å². The minimum Gasteiger partial charge on any atom is -0.233 e. The maximum Gasteiger partial charge on any atom is 0.173 e. The summed E-state index contributed by atoms with van der Waals surface area (Å²) in [4.78, 5) is 4.29. The van der Waals surface area contributed by atoms with Crippen LogP contribution < -0.4 is 0 Å². The van der Waals surface area contributed by atoms with Gasteiger partial charge in [-0.2, -0.15) is 10.4 Å². The summed E-state index contributed by atoms with van der Waals surface area (Å²) in [7, 11) is 0. The van der Waals surface area contributed by atoms with E-state index in [1.165, 1.54) is 0 Å². The number of aryl methyl sites for hydroxylation is 2. The van der Waals surface area contributed by atoms with Crippen LogP contribution in [0.25, 0.3) is 5.65 Å². The molecule has 0 bridgehead atoms. The zero-order chi connectivity index (χ0) is 10.1. The lowest BCUT2D eigenvalue weighted by atomic mass is 10.2. The molecule has 0 unspecified atom stereocenters. The Morgan fingerprint density at radius 2 is 2.36 bits per heavy atom. The Kier molecular flexibility index (Phi) is 1.93. The van der Waals surface area contributed by atoms with E-state index in [9.17, 15) is 0 Å². The van der Waals surface area contributed by atoms with Crippen LogP contribution in [0.5, 0.6) is 0 Å². The molecule has 0 amide bonds. The first-order chi connectivity index (χ1) is 6.76. The quantitative estimate of drug-likeness (QED) is 0.677. The lowest BCUT2D eigenvalue weighted by Crippen LogP contribution is -2.00. The first-order valence-electron chi connectivity index (χ1n) is 4.50. The maximum absolute atomic E-state index is 8.84. The van der Waals surface area contributed by atoms with Crippen LogP contribution in [0.3, 0.4) is 0 Å². The molecule has 0 aliphatic heterocycles. The van der Waals surface area contributed by atoms with Gasteiger partial charge in [-0.05, 0) is 19.4 Å². The van der Waals surface area contributed by atoms with Crippen LogP contribution >= 0.6 is 0 Å². The molecule has 14 heavy (non-hydrogen) atoms. The van der Waals surface area contributed by atoms with Gasteiger partial charge in [-0.15, -0.1) is 0 Å². The molecule has 4 nitrogen and oxygen atoms in total. The van der Waals surface area contributed by atoms with Crippen molar-refractivity contribution in [1.82, 2.24) is 14.6 Å². The minimum atomic E-state index is 0.531. The Morgan fingerprint density at radius 1 is 1.57 bits per heavy atom. The van der Waals surface area contributed by atoms with Crippen molar-refractivity contribution in [1.29, 1.82) is 5.26 Å². The summed E-state index contributed by atoms with van der Waals surface area (Å²) >= 11 is 0. The molecule has 0 aliphatic carbocycles. The van der Waals surface area contributed by atoms with Crippen molar-refractivity contribution in [3.8, 4) is 6.07 Å². The third kappa shape index (κ3) is 1.14. The topological polar surface area (TPSA) is 54.0 Å². The van der Waals surface area contributed by atoms with Gasteiger partial charge in [-0.25, -0.2) is 9.50 Å². The van der Waals surface area contributed by atoms with E-state index in [1.54, 1.807) is 10.7 Å². The van der Waals surface area contributed by atoms with E-state index in [0.29, 0.717) is 11.2 Å². The number of nitriles is 1. The second-order valence-electron chi connectivity index (χ2n) is 3.15. The van der Waals surface area contributed by atoms with Gasteiger partial charge >= 0.3 is 0 Å². The second-order valence-corrected chi connectivity index (χ2v) is 3.15. The van der Waals surface area contributed by atoms with E-state index in [2.05, 4.69) is 23.1 Å². The first kappa shape index (κ1) is 8.70. The maximum atomic E-state index is 8.84. The van der Waals surface area contributed by atoms with Gasteiger partial charge in [0.1, 0.15) is 11.6 Å². The average Bonchev–Trinajstić information content (AvgIpc) is 2.59. The van der Waals surface area contributed by atoms with Crippen LogP contribution in [0, 0.1) is 18.3 Å². The van der Waals surface area contributed by atoms with Crippen LogP contribution in [0.4, 0.5) is 0 Å². The Balaban J connectivity index is 2.85. The van der Waals surface area contributed by atoms with Crippen LogP contribution in [0.1, 0.15) is 23.9 Å². The molecule has 2 heterocycles. The van der Waals surface area contributed by atoms with Gasteiger partial charge in [0.25, 0.3) is 0 Å². The largest absolute Gasteiger partial charge is 0.233 e. The van der Waals surface area contributed by atoms with Gasteiger partial charge in [0.05, 0.1) is 6.20 Å². The molecule has 0 radical (unpaired) electrons. The Labute approximate surface area is 81.8 Å². The normalized spacial score (nSPS) is 10.4. The number of hydrogen-bond donors (Lipinski definition) is 0. The van der Waals surface area contributed by atoms with Crippen molar-refractivity contribution < 1.29 is 0 Å². The van der Waals surface area contributed by atoms with Crippen LogP contribution in [0.15, 0.2) is 12.3 Å². The highest BCUT2D eigenvalue weighted by molar-refractivity contribution is 5.54. The zero-order valence-corrected chi connectivity index (χ0v) is 8.15. The molecule has 0 N–H and O–H groups in total. The summed E-state index contributed by atoms with van der Waals surface area (Å²) in [5.74, 6) is 0. The summed E-state index contributed by atoms with van der Waals surface area (Å²) in [6.07, 6.45) is 2.44. The van der Waals surface area contributed by atoms with Gasteiger partial charge in [-0.1, -0.05) is 6.92 Å². The predicted octanol–water partition coefficient (Wildman–Crippen LogP) is 1.47. The Morgan fingerprint density at radius 3 is 3.00 bits per heavy atom. The van der Waals surface area contributed by atoms with Gasteiger partial charge in [0, 0.05) is 11.4 Å². The molecule has 0 aliphatic rings. The molecule has 0 fully saturated rings. The van der Waals surface area contributed by atoms with Crippen molar-refractivity contribution >= 4 is 5.65 Å². The Hall–Kier alpha value is -1.89. The molecule has 0 atom stereocenters. The Bertz CT molecular complexity index is 519. The fourth-order valence-corrected chi connectivity index (χ4v) is 1.49. The number of rotatable bonds is 1. The zero-order valence-electron chi connectivity index (χ0n) is 8.15. The van der Waals surface area contributed by atoms with Crippen molar-refractivity contribution in [2.24, 2.45) is 0 Å². The molecule has 70 valence electrons. The smallest absolute Gasteiger partial charge is 0.173 e. The SMILES string of the molecule is CCc1cc(C)nc2c(C#N)cnn12. The predicted molar refractivity (Wildman–Crippen MR) is 51.8 cm³/mol. The van der Waals surface area contributed by atoms with E-state index in [1.807, 2.05) is 13.0 Å². The summed E-state index contributed by atoms with van der Waals surface area (Å²) in [6, 6.07) is 4.07. The van der Waals surface area contributed by atoms with Gasteiger partial charge in [0.2, 0.25) is 0 Å². The standard InChI is InChI=1S/C10H10N4/c1-3-9-4-7(2)13-10-8(5-11)6-12-14(9)10/h4,6H,3H2,1-2H3. The molecule has 0 saturated carbocycles. The number of aromatic nitrogens is 3. The van der Waals surface area contributed by atoms with Crippen molar-refractivity contribution in [2.45, 2.75) is 20.3 Å². The molecule has 2 rings (SSSR count). The molecule has 2 aromatic heterocycles. The first-order valence-corrected chi connectivity index (χ1v) is 4.50. The van der Waals surface area contributed by atoms with Gasteiger partial charge in [0.15, 0.2) is 5.65 Å². The fraction of sp³-hybridized carbons (Fsp3) is 0.300. The highest BCUT2D eigenvalue weighted by Gasteiger charge is 2.07. The number of hydrogen-bond acceptors (Lipinski definition) is 3. The molecular formula is C10H10N4. The van der Waals surface area contributed by atoms with Gasteiger partial charge < -0.3 is 0 Å². The summed E-state index contributed by atoms with van der Waals surface area (Å²) in [5, 5.41) is 13.0. The van der Waals surface area contributed by atoms with E-state index in [0.717, 1.165) is 17.8 Å². The van der Waals surface area contributed by atoms with Crippen LogP contribution in [0.2, 0.25) is 0 Å². The van der Waals surface area contributed by atoms with Crippen molar-refractivity contribution in [3.05, 3.63) is 29.2 Å². The second kappa shape index (κ2) is 3.11. The molecule has 0 aromatic carbocycles.